The number of nitrogens with zero attached hydrogens (tertiary/aromatic N) is 1. The Morgan fingerprint density at radius 2 is 2.40 bits per heavy atom. The Hall–Kier alpha value is -1.16. The fourth-order valence-corrected chi connectivity index (χ4v) is 1.65. The van der Waals surface area contributed by atoms with E-state index >= 15 is 0 Å². The Labute approximate surface area is 98.5 Å². The van der Waals surface area contributed by atoms with Gasteiger partial charge in [-0.05, 0) is 24.1 Å². The minimum atomic E-state index is -1.64. The fraction of sp³-hybridized carbons (Fsp3) is 0.273. The molecule has 0 bridgehead atoms. The van der Waals surface area contributed by atoms with Gasteiger partial charge in [-0.2, -0.15) is 0 Å². The van der Waals surface area contributed by atoms with Gasteiger partial charge in [-0.1, -0.05) is 22.9 Å². The molecule has 1 N–H and O–H groups in total. The van der Waals surface area contributed by atoms with Gasteiger partial charge in [-0.25, -0.2) is 0 Å². The number of fused-ring (bicyclic) bond motifs is 1. The van der Waals surface area contributed by atoms with Crippen molar-refractivity contribution in [3.05, 3.63) is 39.8 Å². The molecule has 0 saturated heterocycles. The van der Waals surface area contributed by atoms with Gasteiger partial charge >= 0.3 is 0 Å². The first-order valence-corrected chi connectivity index (χ1v) is 5.42. The predicted octanol–water partition coefficient (Wildman–Crippen LogP) is 2.38. The van der Waals surface area contributed by atoms with Crippen molar-refractivity contribution in [3.8, 4) is 0 Å². The molecule has 0 amide bonds. The number of aromatic nitrogens is 2. The molecule has 0 aliphatic rings. The molecular weight excluding hydrogens is 256 g/mol. The van der Waals surface area contributed by atoms with Crippen LogP contribution in [0.3, 0.4) is 0 Å². The average molecular weight is 269 g/mol. The zero-order valence-electron chi connectivity index (χ0n) is 10.2. The van der Waals surface area contributed by atoms with Crippen LogP contribution in [0.5, 0.6) is 0 Å². The third kappa shape index (κ3) is 1.95. The summed E-state index contributed by atoms with van der Waals surface area (Å²) >= 11 is 2.92. The Morgan fingerprint density at radius 1 is 1.60 bits per heavy atom. The van der Waals surface area contributed by atoms with Crippen molar-refractivity contribution < 1.29 is 2.74 Å². The minimum Gasteiger partial charge on any atom is -0.320 e. The van der Waals surface area contributed by atoms with Gasteiger partial charge in [-0.15, -0.1) is 0 Å². The van der Waals surface area contributed by atoms with Gasteiger partial charge in [0.2, 0.25) is 0 Å². The molecule has 0 aliphatic heterocycles. The Bertz CT molecular complexity index is 619. The van der Waals surface area contributed by atoms with Crippen molar-refractivity contribution >= 4 is 27.0 Å². The van der Waals surface area contributed by atoms with Crippen LogP contribution in [0.4, 0.5) is 0 Å². The molecule has 2 rings (SSSR count). The summed E-state index contributed by atoms with van der Waals surface area (Å²) in [7, 11) is 0. The molecule has 0 aromatic carbocycles. The molecule has 3 nitrogen and oxygen atoms in total. The van der Waals surface area contributed by atoms with Crippen LogP contribution in [0.2, 0.25) is 0 Å². The molecule has 4 heteroatoms. The third-order valence-corrected chi connectivity index (χ3v) is 2.72. The van der Waals surface area contributed by atoms with Gasteiger partial charge in [0.05, 0.1) is 11.0 Å². The summed E-state index contributed by atoms with van der Waals surface area (Å²) in [4.78, 5) is 18.5. The van der Waals surface area contributed by atoms with E-state index in [1.54, 1.807) is 12.1 Å². The second kappa shape index (κ2) is 4.14. The minimum absolute atomic E-state index is 0.144. The zero-order chi connectivity index (χ0) is 12.6. The number of nitrogens with one attached hydrogen (secondary N) is 1. The van der Waals surface area contributed by atoms with E-state index in [4.69, 9.17) is 2.74 Å². The molecule has 78 valence electrons. The van der Waals surface area contributed by atoms with Crippen molar-refractivity contribution in [2.24, 2.45) is 0 Å². The molecule has 0 radical (unpaired) electrons. The lowest BCUT2D eigenvalue weighted by atomic mass is 10.2. The van der Waals surface area contributed by atoms with Gasteiger partial charge in [-0.3, -0.25) is 9.78 Å². The van der Waals surface area contributed by atoms with Crippen molar-refractivity contribution in [1.82, 2.24) is 9.97 Å². The summed E-state index contributed by atoms with van der Waals surface area (Å²) in [5.74, 6) is 0. The van der Waals surface area contributed by atoms with Crippen molar-refractivity contribution in [1.29, 1.82) is 0 Å². The van der Waals surface area contributed by atoms with E-state index in [1.807, 2.05) is 6.92 Å². The maximum absolute atomic E-state index is 11.6. The summed E-state index contributed by atoms with van der Waals surface area (Å²) in [5.41, 5.74) is 2.13. The highest BCUT2D eigenvalue weighted by atomic mass is 79.9. The maximum Gasteiger partial charge on any atom is 0.251 e. The van der Waals surface area contributed by atoms with E-state index in [0.29, 0.717) is 28.6 Å². The summed E-state index contributed by atoms with van der Waals surface area (Å²) in [6.07, 6.45) is 2.11. The van der Waals surface area contributed by atoms with Crippen LogP contribution >= 0.6 is 15.9 Å². The first-order chi connectivity index (χ1) is 7.91. The quantitative estimate of drug-likeness (QED) is 0.851. The maximum atomic E-state index is 11.6. The van der Waals surface area contributed by atoms with E-state index in [9.17, 15) is 4.79 Å². The molecular formula is C11H11BrN2O. The number of aryl methyl sites for hydroxylation is 1. The SMILES string of the molecule is [2H]C([2H])(Br)c1cnc2cc(CC)c(=O)[nH]c2c1. The molecule has 2 aromatic rings. The van der Waals surface area contributed by atoms with Crippen LogP contribution in [-0.2, 0) is 11.7 Å². The van der Waals surface area contributed by atoms with Crippen LogP contribution in [0, 0.1) is 0 Å². The van der Waals surface area contributed by atoms with Crippen molar-refractivity contribution in [2.45, 2.75) is 18.6 Å². The highest BCUT2D eigenvalue weighted by Crippen LogP contribution is 2.12. The number of alkyl halides is 1. The van der Waals surface area contributed by atoms with Gasteiger partial charge in [0, 0.05) is 19.8 Å². The van der Waals surface area contributed by atoms with Crippen LogP contribution in [0.15, 0.2) is 23.1 Å². The first-order valence-electron chi connectivity index (χ1n) is 5.63. The van der Waals surface area contributed by atoms with Gasteiger partial charge in [0.1, 0.15) is 0 Å². The third-order valence-electron chi connectivity index (χ3n) is 2.26. The molecule has 2 heterocycles. The standard InChI is InChI=1S/C11H11BrN2O/c1-2-8-4-9-10(14-11(8)15)3-7(5-12)6-13-9/h3-4,6H,2,5H2,1H3,(H,14,15)/i5D2. The zero-order valence-corrected chi connectivity index (χ0v) is 9.76. The number of hydrogen-bond acceptors (Lipinski definition) is 2. The average Bonchev–Trinajstić information content (AvgIpc) is 2.26. The second-order valence-electron chi connectivity index (χ2n) is 3.23. The number of rotatable bonds is 2. The molecule has 2 aromatic heterocycles. The molecule has 0 atom stereocenters. The molecule has 0 saturated carbocycles. The van der Waals surface area contributed by atoms with Gasteiger partial charge in [0.25, 0.3) is 5.56 Å². The Kier molecular flexibility index (Phi) is 2.22. The highest BCUT2D eigenvalue weighted by molar-refractivity contribution is 9.08. The summed E-state index contributed by atoms with van der Waals surface area (Å²) in [5, 5.41) is -1.64. The number of aromatic amines is 1. The van der Waals surface area contributed by atoms with Crippen molar-refractivity contribution in [3.63, 3.8) is 0 Å². The van der Waals surface area contributed by atoms with E-state index in [1.165, 1.54) is 6.20 Å². The first kappa shape index (κ1) is 8.05. The molecule has 15 heavy (non-hydrogen) atoms. The lowest BCUT2D eigenvalue weighted by molar-refractivity contribution is 1.07. The highest BCUT2D eigenvalue weighted by Gasteiger charge is 2.02. The molecule has 0 aliphatic carbocycles. The van der Waals surface area contributed by atoms with Gasteiger partial charge < -0.3 is 4.98 Å². The van der Waals surface area contributed by atoms with E-state index in [0.717, 1.165) is 0 Å². The molecule has 0 spiro atoms. The molecule has 0 fully saturated rings. The number of pyridine rings is 2. The Morgan fingerprint density at radius 3 is 3.07 bits per heavy atom. The predicted molar refractivity (Wildman–Crippen MR) is 64.4 cm³/mol. The van der Waals surface area contributed by atoms with Crippen molar-refractivity contribution in [2.75, 3.05) is 0 Å². The van der Waals surface area contributed by atoms with Crippen LogP contribution in [-0.4, -0.2) is 9.97 Å². The van der Waals surface area contributed by atoms with E-state index < -0.39 is 5.28 Å². The summed E-state index contributed by atoms with van der Waals surface area (Å²) < 4.78 is 15.1. The summed E-state index contributed by atoms with van der Waals surface area (Å²) in [6, 6.07) is 3.33. The van der Waals surface area contributed by atoms with Gasteiger partial charge in [0.15, 0.2) is 0 Å². The van der Waals surface area contributed by atoms with Crippen LogP contribution in [0.25, 0.3) is 11.0 Å². The topological polar surface area (TPSA) is 45.8 Å². The normalized spacial score (nSPS) is 13.7. The smallest absolute Gasteiger partial charge is 0.251 e. The summed E-state index contributed by atoms with van der Waals surface area (Å²) in [6.45, 7) is 1.90. The fourth-order valence-electron chi connectivity index (χ4n) is 1.44. The van der Waals surface area contributed by atoms with Crippen LogP contribution < -0.4 is 5.56 Å². The van der Waals surface area contributed by atoms with Crippen LogP contribution in [0.1, 0.15) is 20.8 Å². The Balaban J connectivity index is 2.68. The molecule has 0 unspecified atom stereocenters. The number of halogens is 1. The lowest BCUT2D eigenvalue weighted by Gasteiger charge is -2.01. The second-order valence-corrected chi connectivity index (χ2v) is 3.63. The monoisotopic (exact) mass is 268 g/mol. The number of hydrogen-bond donors (Lipinski definition) is 1. The lowest BCUT2D eigenvalue weighted by Crippen LogP contribution is -2.11. The number of H-pyrrole nitrogens is 1. The van der Waals surface area contributed by atoms with E-state index in [2.05, 4.69) is 25.9 Å². The largest absolute Gasteiger partial charge is 0.320 e. The van der Waals surface area contributed by atoms with E-state index in [-0.39, 0.29) is 5.56 Å².